The van der Waals surface area contributed by atoms with Gasteiger partial charge in [0.15, 0.2) is 0 Å². The van der Waals surface area contributed by atoms with Gasteiger partial charge < -0.3 is 10.2 Å². The summed E-state index contributed by atoms with van der Waals surface area (Å²) in [7, 11) is 0. The predicted molar refractivity (Wildman–Crippen MR) is 70.7 cm³/mol. The summed E-state index contributed by atoms with van der Waals surface area (Å²) in [6, 6.07) is 0.738. The summed E-state index contributed by atoms with van der Waals surface area (Å²) in [6.07, 6.45) is 3.51. The molecule has 0 spiro atoms. The number of rotatable bonds is 5. The molecule has 0 radical (unpaired) electrons. The molecule has 1 rings (SSSR count). The van der Waals surface area contributed by atoms with Crippen molar-refractivity contribution in [3.63, 3.8) is 0 Å². The van der Waals surface area contributed by atoms with E-state index in [1.807, 2.05) is 11.8 Å². The molecule has 0 amide bonds. The number of piperidine rings is 1. The minimum Gasteiger partial charge on any atom is -0.313 e. The minimum absolute atomic E-state index is 0.737. The summed E-state index contributed by atoms with van der Waals surface area (Å²) >= 11 is 1.95. The van der Waals surface area contributed by atoms with Crippen LogP contribution in [0.1, 0.15) is 27.2 Å². The van der Waals surface area contributed by atoms with Crippen molar-refractivity contribution in [2.75, 3.05) is 32.4 Å². The fraction of sp³-hybridized carbons (Fsp3) is 1.00. The fourth-order valence-corrected chi connectivity index (χ4v) is 2.49. The van der Waals surface area contributed by atoms with E-state index in [9.17, 15) is 0 Å². The smallest absolute Gasteiger partial charge is 0.0141 e. The van der Waals surface area contributed by atoms with Gasteiger partial charge in [0.1, 0.15) is 0 Å². The zero-order valence-electron chi connectivity index (χ0n) is 10.6. The second-order valence-corrected chi connectivity index (χ2v) is 6.00. The first-order valence-corrected chi connectivity index (χ1v) is 7.44. The molecule has 0 aromatic rings. The quantitative estimate of drug-likeness (QED) is 0.778. The van der Waals surface area contributed by atoms with Crippen LogP contribution in [0.25, 0.3) is 0 Å². The molecule has 15 heavy (non-hydrogen) atoms. The van der Waals surface area contributed by atoms with E-state index in [0.29, 0.717) is 0 Å². The van der Waals surface area contributed by atoms with E-state index in [0.717, 1.165) is 23.8 Å². The molecule has 2 nitrogen and oxygen atoms in total. The van der Waals surface area contributed by atoms with Gasteiger partial charge in [-0.05, 0) is 31.7 Å². The molecule has 1 N–H and O–H groups in total. The van der Waals surface area contributed by atoms with Crippen LogP contribution in [0.2, 0.25) is 0 Å². The number of nitrogens with zero attached hydrogens (tertiary/aromatic N) is 1. The van der Waals surface area contributed by atoms with Crippen LogP contribution in [0.4, 0.5) is 0 Å². The standard InChI is InChI=1S/C12H26N2S/c1-5-14-7-6-12(10(2)9-14)13-8-11(3)15-4/h10-13H,5-9H2,1-4H3/t10-,11+,12+/m1/s1. The Bertz CT molecular complexity index is 175. The van der Waals surface area contributed by atoms with Crippen LogP contribution in [0.3, 0.4) is 0 Å². The molecule has 0 bridgehead atoms. The summed E-state index contributed by atoms with van der Waals surface area (Å²) in [6.45, 7) is 11.8. The third-order valence-corrected chi connectivity index (χ3v) is 4.48. The highest BCUT2D eigenvalue weighted by atomic mass is 32.2. The van der Waals surface area contributed by atoms with Gasteiger partial charge in [-0.25, -0.2) is 0 Å². The zero-order valence-corrected chi connectivity index (χ0v) is 11.4. The van der Waals surface area contributed by atoms with Crippen LogP contribution >= 0.6 is 11.8 Å². The summed E-state index contributed by atoms with van der Waals surface area (Å²) in [5.74, 6) is 0.799. The molecule has 1 saturated heterocycles. The molecule has 0 aromatic carbocycles. The van der Waals surface area contributed by atoms with Gasteiger partial charge in [0.2, 0.25) is 0 Å². The first-order valence-electron chi connectivity index (χ1n) is 6.15. The van der Waals surface area contributed by atoms with Crippen molar-refractivity contribution >= 4 is 11.8 Å². The van der Waals surface area contributed by atoms with Crippen LogP contribution in [0.5, 0.6) is 0 Å². The maximum absolute atomic E-state index is 3.72. The molecule has 0 saturated carbocycles. The molecule has 1 aliphatic rings. The van der Waals surface area contributed by atoms with Gasteiger partial charge in [-0.2, -0.15) is 11.8 Å². The normalized spacial score (nSPS) is 30.4. The van der Waals surface area contributed by atoms with E-state index in [-0.39, 0.29) is 0 Å². The van der Waals surface area contributed by atoms with E-state index in [1.54, 1.807) is 0 Å². The predicted octanol–water partition coefficient (Wildman–Crippen LogP) is 2.06. The van der Waals surface area contributed by atoms with Crippen molar-refractivity contribution < 1.29 is 0 Å². The van der Waals surface area contributed by atoms with E-state index in [1.165, 1.54) is 26.1 Å². The zero-order chi connectivity index (χ0) is 11.3. The van der Waals surface area contributed by atoms with Crippen molar-refractivity contribution in [1.82, 2.24) is 10.2 Å². The van der Waals surface area contributed by atoms with Crippen molar-refractivity contribution in [3.8, 4) is 0 Å². The second kappa shape index (κ2) is 6.77. The van der Waals surface area contributed by atoms with Crippen molar-refractivity contribution in [2.45, 2.75) is 38.5 Å². The van der Waals surface area contributed by atoms with Crippen molar-refractivity contribution in [1.29, 1.82) is 0 Å². The molecule has 1 heterocycles. The minimum atomic E-state index is 0.737. The Morgan fingerprint density at radius 1 is 1.53 bits per heavy atom. The lowest BCUT2D eigenvalue weighted by Gasteiger charge is -2.37. The highest BCUT2D eigenvalue weighted by molar-refractivity contribution is 7.99. The molecule has 3 heteroatoms. The second-order valence-electron chi connectivity index (χ2n) is 4.72. The van der Waals surface area contributed by atoms with Crippen LogP contribution < -0.4 is 5.32 Å². The van der Waals surface area contributed by atoms with Crippen LogP contribution in [0.15, 0.2) is 0 Å². The Labute approximate surface area is 99.2 Å². The van der Waals surface area contributed by atoms with Crippen molar-refractivity contribution in [2.24, 2.45) is 5.92 Å². The summed E-state index contributed by atoms with van der Waals surface area (Å²) in [4.78, 5) is 2.56. The molecular weight excluding hydrogens is 204 g/mol. The molecule has 0 aromatic heterocycles. The topological polar surface area (TPSA) is 15.3 Å². The van der Waals surface area contributed by atoms with E-state index in [4.69, 9.17) is 0 Å². The average molecular weight is 230 g/mol. The third-order valence-electron chi connectivity index (χ3n) is 3.51. The molecule has 3 atom stereocenters. The average Bonchev–Trinajstić information content (AvgIpc) is 2.26. The lowest BCUT2D eigenvalue weighted by atomic mass is 9.94. The fourth-order valence-electron chi connectivity index (χ4n) is 2.22. The van der Waals surface area contributed by atoms with Crippen molar-refractivity contribution in [3.05, 3.63) is 0 Å². The van der Waals surface area contributed by atoms with Crippen LogP contribution in [-0.2, 0) is 0 Å². The molecule has 0 aliphatic carbocycles. The van der Waals surface area contributed by atoms with Gasteiger partial charge >= 0.3 is 0 Å². The Morgan fingerprint density at radius 2 is 2.27 bits per heavy atom. The maximum Gasteiger partial charge on any atom is 0.0141 e. The first kappa shape index (κ1) is 13.3. The number of hydrogen-bond donors (Lipinski definition) is 1. The number of thioether (sulfide) groups is 1. The Morgan fingerprint density at radius 3 is 2.80 bits per heavy atom. The molecule has 90 valence electrons. The molecule has 1 aliphatic heterocycles. The maximum atomic E-state index is 3.72. The number of likely N-dealkylation sites (tertiary alicyclic amines) is 1. The Hall–Kier alpha value is 0.270. The molecular formula is C12H26N2S. The van der Waals surface area contributed by atoms with Gasteiger partial charge in [-0.3, -0.25) is 0 Å². The van der Waals surface area contributed by atoms with E-state index in [2.05, 4.69) is 37.2 Å². The van der Waals surface area contributed by atoms with Gasteiger partial charge in [0.05, 0.1) is 0 Å². The van der Waals surface area contributed by atoms with E-state index >= 15 is 0 Å². The summed E-state index contributed by atoms with van der Waals surface area (Å²) in [5.41, 5.74) is 0. The molecule has 1 fully saturated rings. The Balaban J connectivity index is 2.25. The van der Waals surface area contributed by atoms with Gasteiger partial charge in [0.25, 0.3) is 0 Å². The third kappa shape index (κ3) is 4.33. The Kier molecular flexibility index (Phi) is 6.02. The lowest BCUT2D eigenvalue weighted by Crippen LogP contribution is -2.49. The van der Waals surface area contributed by atoms with Gasteiger partial charge in [0, 0.05) is 24.4 Å². The number of hydrogen-bond acceptors (Lipinski definition) is 3. The van der Waals surface area contributed by atoms with Gasteiger partial charge in [-0.15, -0.1) is 0 Å². The monoisotopic (exact) mass is 230 g/mol. The van der Waals surface area contributed by atoms with E-state index < -0.39 is 0 Å². The SMILES string of the molecule is CCN1CC[C@H](NC[C@H](C)SC)[C@H](C)C1. The van der Waals surface area contributed by atoms with Gasteiger partial charge in [-0.1, -0.05) is 20.8 Å². The largest absolute Gasteiger partial charge is 0.313 e. The summed E-state index contributed by atoms with van der Waals surface area (Å²) in [5, 5.41) is 4.46. The number of nitrogens with one attached hydrogen (secondary N) is 1. The van der Waals surface area contributed by atoms with Crippen LogP contribution in [-0.4, -0.2) is 48.6 Å². The lowest BCUT2D eigenvalue weighted by molar-refractivity contribution is 0.154. The first-order chi connectivity index (χ1) is 7.17. The highest BCUT2D eigenvalue weighted by Crippen LogP contribution is 2.17. The molecule has 0 unspecified atom stereocenters. The summed E-state index contributed by atoms with van der Waals surface area (Å²) < 4.78 is 0. The van der Waals surface area contributed by atoms with Crippen LogP contribution in [0, 0.1) is 5.92 Å². The highest BCUT2D eigenvalue weighted by Gasteiger charge is 2.24.